The maximum atomic E-state index is 13.1. The third-order valence-electron chi connectivity index (χ3n) is 6.19. The van der Waals surface area contributed by atoms with Crippen molar-refractivity contribution in [1.29, 1.82) is 0 Å². The first-order valence-corrected chi connectivity index (χ1v) is 12.7. The first-order valence-electron chi connectivity index (χ1n) is 12.7. The fraction of sp³-hybridized carbons (Fsp3) is 0.464. The van der Waals surface area contributed by atoms with Crippen molar-refractivity contribution in [2.45, 2.75) is 59.2 Å². The SMILES string of the molecule is CC1=C/[C@H](O)CC(=O)Cc2nc(co2)C(=O)N2CCC=C2C(=O)O[C@H](C(C)C)[C@H](C)/C=C/C(=O)NC\C=C\1. The Morgan fingerprint density at radius 2 is 1.95 bits per heavy atom. The van der Waals surface area contributed by atoms with E-state index in [2.05, 4.69) is 10.3 Å². The summed E-state index contributed by atoms with van der Waals surface area (Å²) in [6.45, 7) is 8.00. The first kappa shape index (κ1) is 28.8. The molecule has 2 amide bonds. The van der Waals surface area contributed by atoms with Crippen LogP contribution in [0.5, 0.6) is 0 Å². The average Bonchev–Trinajstić information content (AvgIpc) is 3.52. The molecule has 204 valence electrons. The molecular formula is C28H35N3O7. The van der Waals surface area contributed by atoms with Gasteiger partial charge in [-0.1, -0.05) is 56.7 Å². The number of allylic oxidation sites excluding steroid dienone is 2. The number of aromatic nitrogens is 1. The van der Waals surface area contributed by atoms with Crippen molar-refractivity contribution in [3.8, 4) is 0 Å². The number of oxazole rings is 1. The number of ketones is 1. The summed E-state index contributed by atoms with van der Waals surface area (Å²) in [5.41, 5.74) is 0.809. The number of fused-ring (bicyclic) bond motifs is 3. The molecule has 3 rings (SSSR count). The monoisotopic (exact) mass is 525 g/mol. The number of cyclic esters (lactones) is 1. The van der Waals surface area contributed by atoms with Gasteiger partial charge in [0.2, 0.25) is 11.8 Å². The van der Waals surface area contributed by atoms with Crippen LogP contribution in [0.25, 0.3) is 0 Å². The van der Waals surface area contributed by atoms with Crippen molar-refractivity contribution < 1.29 is 33.4 Å². The first-order chi connectivity index (χ1) is 18.0. The van der Waals surface area contributed by atoms with Gasteiger partial charge < -0.3 is 24.5 Å². The standard InChI is InChI=1S/C28H35N3O7/c1-17(2)26-19(4)9-10-24(34)29-11-5-7-18(3)13-20(32)14-21(33)15-25-30-22(16-37-25)27(35)31-12-6-8-23(31)28(36)38-26/h5,7-10,13,16-17,19-20,26,32H,6,11-12,14-15H2,1-4H3,(H,29,34)/b7-5+,10-9+,18-13-/t19-,20+,26-/m1/s1. The predicted molar refractivity (Wildman–Crippen MR) is 139 cm³/mol. The Morgan fingerprint density at radius 1 is 1.18 bits per heavy atom. The van der Waals surface area contributed by atoms with Crippen molar-refractivity contribution in [3.63, 3.8) is 0 Å². The third kappa shape index (κ3) is 7.85. The Labute approximate surface area is 222 Å². The third-order valence-corrected chi connectivity index (χ3v) is 6.19. The van der Waals surface area contributed by atoms with Crippen LogP contribution in [0, 0.1) is 11.8 Å². The maximum absolute atomic E-state index is 13.1. The smallest absolute Gasteiger partial charge is 0.355 e. The molecule has 0 aliphatic carbocycles. The summed E-state index contributed by atoms with van der Waals surface area (Å²) in [4.78, 5) is 56.3. The second-order valence-electron chi connectivity index (χ2n) is 9.84. The predicted octanol–water partition coefficient (Wildman–Crippen LogP) is 2.66. The molecule has 0 saturated heterocycles. The quantitative estimate of drug-likeness (QED) is 0.534. The topological polar surface area (TPSA) is 139 Å². The van der Waals surface area contributed by atoms with E-state index >= 15 is 0 Å². The van der Waals surface area contributed by atoms with Crippen molar-refractivity contribution >= 4 is 23.6 Å². The molecule has 0 fully saturated rings. The molecule has 1 aromatic rings. The Hall–Kier alpha value is -3.79. The van der Waals surface area contributed by atoms with Gasteiger partial charge >= 0.3 is 5.97 Å². The van der Waals surface area contributed by atoms with Gasteiger partial charge in [-0.15, -0.1) is 0 Å². The second kappa shape index (κ2) is 13.1. The van der Waals surface area contributed by atoms with E-state index in [1.54, 1.807) is 37.3 Å². The molecule has 3 atom stereocenters. The molecule has 10 nitrogen and oxygen atoms in total. The van der Waals surface area contributed by atoms with Crippen LogP contribution < -0.4 is 5.32 Å². The highest BCUT2D eigenvalue weighted by Crippen LogP contribution is 2.24. The average molecular weight is 526 g/mol. The van der Waals surface area contributed by atoms with Crippen molar-refractivity contribution in [2.24, 2.45) is 11.8 Å². The van der Waals surface area contributed by atoms with E-state index in [-0.39, 0.29) is 66.7 Å². The van der Waals surface area contributed by atoms with Crippen molar-refractivity contribution in [3.05, 3.63) is 65.6 Å². The van der Waals surface area contributed by atoms with Crippen LogP contribution in [0.1, 0.15) is 56.9 Å². The molecule has 10 heteroatoms. The molecule has 0 radical (unpaired) electrons. The highest BCUT2D eigenvalue weighted by atomic mass is 16.5. The Morgan fingerprint density at radius 3 is 2.68 bits per heavy atom. The van der Waals surface area contributed by atoms with Crippen molar-refractivity contribution in [2.75, 3.05) is 13.1 Å². The molecular weight excluding hydrogens is 490 g/mol. The highest BCUT2D eigenvalue weighted by Gasteiger charge is 2.33. The summed E-state index contributed by atoms with van der Waals surface area (Å²) >= 11 is 0. The van der Waals surface area contributed by atoms with E-state index in [1.165, 1.54) is 11.0 Å². The van der Waals surface area contributed by atoms with Gasteiger partial charge in [0.1, 0.15) is 23.8 Å². The van der Waals surface area contributed by atoms with Gasteiger partial charge in [0.05, 0.1) is 12.5 Å². The van der Waals surface area contributed by atoms with Gasteiger partial charge in [0, 0.05) is 25.4 Å². The van der Waals surface area contributed by atoms with Gasteiger partial charge in [0.15, 0.2) is 5.69 Å². The Kier molecular flexibility index (Phi) is 9.95. The molecule has 38 heavy (non-hydrogen) atoms. The number of amides is 2. The fourth-order valence-corrected chi connectivity index (χ4v) is 4.33. The minimum atomic E-state index is -1.01. The van der Waals surface area contributed by atoms with E-state index in [4.69, 9.17) is 9.15 Å². The minimum Gasteiger partial charge on any atom is -0.457 e. The molecule has 0 saturated carbocycles. The molecule has 0 aromatic carbocycles. The normalized spacial score (nSPS) is 27.6. The lowest BCUT2D eigenvalue weighted by atomic mass is 9.94. The molecule has 0 spiro atoms. The van der Waals surface area contributed by atoms with Crippen molar-refractivity contribution in [1.82, 2.24) is 15.2 Å². The zero-order valence-corrected chi connectivity index (χ0v) is 22.2. The summed E-state index contributed by atoms with van der Waals surface area (Å²) in [5.74, 6) is -2.07. The van der Waals surface area contributed by atoms with Gasteiger partial charge in [-0.2, -0.15) is 0 Å². The zero-order chi connectivity index (χ0) is 27.8. The van der Waals surface area contributed by atoms with Crippen LogP contribution in [0.2, 0.25) is 0 Å². The van der Waals surface area contributed by atoms with Crippen LogP contribution in [-0.4, -0.2) is 63.9 Å². The number of aliphatic hydroxyl groups is 1. The van der Waals surface area contributed by atoms with E-state index in [1.807, 2.05) is 20.8 Å². The summed E-state index contributed by atoms with van der Waals surface area (Å²) in [7, 11) is 0. The number of rotatable bonds is 1. The molecule has 2 aliphatic rings. The Balaban J connectivity index is 1.86. The number of hydrogen-bond acceptors (Lipinski definition) is 8. The second-order valence-corrected chi connectivity index (χ2v) is 9.84. The number of nitrogens with one attached hydrogen (secondary N) is 1. The number of aliphatic hydroxyl groups excluding tert-OH is 1. The van der Waals surface area contributed by atoms with Crippen LogP contribution in [0.15, 0.2) is 58.4 Å². The summed E-state index contributed by atoms with van der Waals surface area (Å²) < 4.78 is 11.1. The van der Waals surface area contributed by atoms with E-state index < -0.39 is 24.1 Å². The van der Waals surface area contributed by atoms with Crippen LogP contribution in [-0.2, 0) is 25.5 Å². The largest absolute Gasteiger partial charge is 0.457 e. The summed E-state index contributed by atoms with van der Waals surface area (Å²) in [5, 5.41) is 13.0. The number of ether oxygens (including phenoxy) is 1. The molecule has 2 bridgehead atoms. The molecule has 2 aliphatic heterocycles. The number of carbonyl (C=O) groups excluding carboxylic acids is 4. The number of nitrogens with zero attached hydrogens (tertiary/aromatic N) is 2. The summed E-state index contributed by atoms with van der Waals surface area (Å²) in [6, 6.07) is 0. The lowest BCUT2D eigenvalue weighted by Gasteiger charge is -2.27. The number of Topliss-reactive ketones (excluding diaryl/α,β-unsaturated/α-hetero) is 1. The minimum absolute atomic E-state index is 0.0315. The van der Waals surface area contributed by atoms with Crippen LogP contribution in [0.3, 0.4) is 0 Å². The van der Waals surface area contributed by atoms with Gasteiger partial charge in [-0.25, -0.2) is 9.78 Å². The molecule has 2 N–H and O–H groups in total. The number of hydrogen-bond donors (Lipinski definition) is 2. The molecule has 0 unspecified atom stereocenters. The van der Waals surface area contributed by atoms with E-state index in [9.17, 15) is 24.3 Å². The number of carbonyl (C=O) groups is 4. The summed E-state index contributed by atoms with van der Waals surface area (Å²) in [6.07, 6.45) is 9.48. The van der Waals surface area contributed by atoms with Crippen LogP contribution in [0.4, 0.5) is 0 Å². The molecule has 3 heterocycles. The van der Waals surface area contributed by atoms with E-state index in [0.29, 0.717) is 6.42 Å². The van der Waals surface area contributed by atoms with Crippen LogP contribution >= 0.6 is 0 Å². The van der Waals surface area contributed by atoms with Gasteiger partial charge in [-0.05, 0) is 25.3 Å². The highest BCUT2D eigenvalue weighted by molar-refractivity contribution is 6.00. The van der Waals surface area contributed by atoms with E-state index in [0.717, 1.165) is 11.8 Å². The lowest BCUT2D eigenvalue weighted by Crippen LogP contribution is -2.36. The van der Waals surface area contributed by atoms with Gasteiger partial charge in [0.25, 0.3) is 5.91 Å². The number of esters is 1. The van der Waals surface area contributed by atoms with Gasteiger partial charge in [-0.3, -0.25) is 14.4 Å². The maximum Gasteiger partial charge on any atom is 0.355 e. The molecule has 1 aromatic heterocycles. The lowest BCUT2D eigenvalue weighted by molar-refractivity contribution is -0.149. The Bertz CT molecular complexity index is 1170. The fourth-order valence-electron chi connectivity index (χ4n) is 4.33. The zero-order valence-electron chi connectivity index (χ0n) is 22.2.